The van der Waals surface area contributed by atoms with Gasteiger partial charge in [-0.15, -0.1) is 0 Å². The predicted molar refractivity (Wildman–Crippen MR) is 161 cm³/mol. The van der Waals surface area contributed by atoms with Gasteiger partial charge in [0, 0.05) is 64.1 Å². The van der Waals surface area contributed by atoms with Gasteiger partial charge >= 0.3 is 0 Å². The topological polar surface area (TPSA) is 90.8 Å². The molecule has 41 heavy (non-hydrogen) atoms. The predicted octanol–water partition coefficient (Wildman–Crippen LogP) is 5.09. The van der Waals surface area contributed by atoms with Crippen LogP contribution in [0.1, 0.15) is 45.5 Å². The van der Waals surface area contributed by atoms with Crippen molar-refractivity contribution in [2.75, 3.05) is 0 Å². The fraction of sp³-hybridized carbons (Fsp3) is 0.258. The molecule has 6 rings (SSSR count). The molecule has 10 heteroatoms. The highest BCUT2D eigenvalue weighted by atomic mass is 79.9. The second-order valence-corrected chi connectivity index (χ2v) is 11.6. The van der Waals surface area contributed by atoms with Crippen molar-refractivity contribution in [3.63, 3.8) is 0 Å². The highest BCUT2D eigenvalue weighted by Gasteiger charge is 2.32. The fourth-order valence-corrected chi connectivity index (χ4v) is 5.65. The van der Waals surface area contributed by atoms with Crippen LogP contribution in [0.3, 0.4) is 0 Å². The van der Waals surface area contributed by atoms with E-state index in [0.29, 0.717) is 35.0 Å². The Bertz CT molecular complexity index is 1870. The van der Waals surface area contributed by atoms with E-state index in [0.717, 1.165) is 32.6 Å². The number of fused-ring (bicyclic) bond motifs is 1. The maximum absolute atomic E-state index is 14.2. The molecule has 0 spiro atoms. The fourth-order valence-electron chi connectivity index (χ4n) is 5.40. The lowest BCUT2D eigenvalue weighted by molar-refractivity contribution is 0.0652. The second kappa shape index (κ2) is 10.3. The van der Waals surface area contributed by atoms with Crippen LogP contribution in [0.15, 0.2) is 70.3 Å². The molecular formula is C31H30BrN7O2. The zero-order chi connectivity index (χ0) is 29.0. The van der Waals surface area contributed by atoms with Crippen LogP contribution in [0.25, 0.3) is 22.9 Å². The number of amides is 1. The number of benzene rings is 1. The van der Waals surface area contributed by atoms with E-state index in [9.17, 15) is 9.59 Å². The van der Waals surface area contributed by atoms with E-state index in [-0.39, 0.29) is 24.1 Å². The third-order valence-electron chi connectivity index (χ3n) is 7.60. The van der Waals surface area contributed by atoms with E-state index in [2.05, 4.69) is 26.0 Å². The number of pyridine rings is 1. The van der Waals surface area contributed by atoms with Crippen LogP contribution in [0.5, 0.6) is 0 Å². The summed E-state index contributed by atoms with van der Waals surface area (Å²) in [5.41, 5.74) is 6.21. The van der Waals surface area contributed by atoms with Crippen molar-refractivity contribution in [1.29, 1.82) is 0 Å². The number of nitrogens with zero attached hydrogens (tertiary/aromatic N) is 7. The highest BCUT2D eigenvalue weighted by molar-refractivity contribution is 9.10. The molecule has 208 valence electrons. The molecule has 0 aliphatic carbocycles. The van der Waals surface area contributed by atoms with Gasteiger partial charge in [0.15, 0.2) is 0 Å². The van der Waals surface area contributed by atoms with E-state index in [1.807, 2.05) is 94.2 Å². The standard InChI is InChI=1S/C31H30BrN7O2/c1-18-12-22(6-8-26(18)32)29(40)37-17-27-25(14-20(37)3)30(41)38(31(34-27)39-21(4)13-19(2)35-39)28-9-7-23(15-33-28)24-10-11-36(5)16-24/h6-13,15-16,20H,14,17H2,1-5H3. The summed E-state index contributed by atoms with van der Waals surface area (Å²) in [7, 11) is 1.97. The van der Waals surface area contributed by atoms with Crippen LogP contribution < -0.4 is 5.56 Å². The third kappa shape index (κ3) is 4.82. The van der Waals surface area contributed by atoms with Crippen molar-refractivity contribution in [3.8, 4) is 22.9 Å². The van der Waals surface area contributed by atoms with Gasteiger partial charge in [-0.3, -0.25) is 9.59 Å². The molecule has 1 aliphatic rings. The smallest absolute Gasteiger partial charge is 0.264 e. The van der Waals surface area contributed by atoms with Crippen molar-refractivity contribution in [2.24, 2.45) is 7.05 Å². The molecule has 5 aromatic rings. The van der Waals surface area contributed by atoms with Gasteiger partial charge in [0.1, 0.15) is 5.82 Å². The average molecular weight is 613 g/mol. The van der Waals surface area contributed by atoms with E-state index in [1.165, 1.54) is 4.57 Å². The minimum absolute atomic E-state index is 0.0874. The first-order chi connectivity index (χ1) is 19.6. The van der Waals surface area contributed by atoms with Crippen LogP contribution in [-0.2, 0) is 20.0 Å². The number of aryl methyl sites for hydroxylation is 4. The molecule has 4 aromatic heterocycles. The van der Waals surface area contributed by atoms with Gasteiger partial charge in [0.25, 0.3) is 11.5 Å². The Morgan fingerprint density at radius 1 is 1.05 bits per heavy atom. The maximum Gasteiger partial charge on any atom is 0.264 e. The molecule has 1 atom stereocenters. The van der Waals surface area contributed by atoms with Crippen molar-refractivity contribution in [1.82, 2.24) is 33.8 Å². The van der Waals surface area contributed by atoms with E-state index in [4.69, 9.17) is 4.98 Å². The molecule has 1 aliphatic heterocycles. The number of aromatic nitrogens is 6. The lowest BCUT2D eigenvalue weighted by atomic mass is 9.98. The van der Waals surface area contributed by atoms with Gasteiger partial charge in [-0.2, -0.15) is 5.10 Å². The van der Waals surface area contributed by atoms with Gasteiger partial charge in [-0.25, -0.2) is 19.2 Å². The number of carbonyl (C=O) groups is 1. The van der Waals surface area contributed by atoms with Crippen LogP contribution in [0.4, 0.5) is 0 Å². The van der Waals surface area contributed by atoms with Crippen LogP contribution >= 0.6 is 15.9 Å². The zero-order valence-corrected chi connectivity index (χ0v) is 25.2. The number of carbonyl (C=O) groups excluding carboxylic acids is 1. The van der Waals surface area contributed by atoms with Gasteiger partial charge < -0.3 is 9.47 Å². The quantitative estimate of drug-likeness (QED) is 0.282. The highest BCUT2D eigenvalue weighted by Crippen LogP contribution is 2.26. The monoisotopic (exact) mass is 611 g/mol. The minimum Gasteiger partial charge on any atom is -0.357 e. The summed E-state index contributed by atoms with van der Waals surface area (Å²) in [6.07, 6.45) is 6.16. The SMILES string of the molecule is Cc1cc(C)n(-c2nc3c(c(=O)n2-c2ccc(-c4ccn(C)c4)cn2)CC(C)N(C(=O)c2ccc(Br)c(C)c2)C3)n1. The molecule has 1 unspecified atom stereocenters. The molecule has 1 aromatic carbocycles. The molecule has 0 radical (unpaired) electrons. The molecule has 1 amide bonds. The number of hydrogen-bond donors (Lipinski definition) is 0. The Hall–Kier alpha value is -4.31. The van der Waals surface area contributed by atoms with Crippen LogP contribution in [0, 0.1) is 20.8 Å². The third-order valence-corrected chi connectivity index (χ3v) is 8.49. The molecule has 0 N–H and O–H groups in total. The Morgan fingerprint density at radius 3 is 2.49 bits per heavy atom. The molecule has 5 heterocycles. The van der Waals surface area contributed by atoms with E-state index in [1.54, 1.807) is 15.8 Å². The van der Waals surface area contributed by atoms with Crippen molar-refractivity contribution < 1.29 is 4.79 Å². The van der Waals surface area contributed by atoms with Crippen LogP contribution in [-0.4, -0.2) is 45.7 Å². The maximum atomic E-state index is 14.2. The second-order valence-electron chi connectivity index (χ2n) is 10.7. The summed E-state index contributed by atoms with van der Waals surface area (Å²) in [6, 6.07) is 13.2. The van der Waals surface area contributed by atoms with Crippen LogP contribution in [0.2, 0.25) is 0 Å². The number of halogens is 1. The molecule has 0 bridgehead atoms. The molecule has 0 fully saturated rings. The van der Waals surface area contributed by atoms with Crippen molar-refractivity contribution in [2.45, 2.75) is 46.7 Å². The van der Waals surface area contributed by atoms with Gasteiger partial charge in [-0.1, -0.05) is 15.9 Å². The van der Waals surface area contributed by atoms with Gasteiger partial charge in [0.05, 0.1) is 17.9 Å². The largest absolute Gasteiger partial charge is 0.357 e. The summed E-state index contributed by atoms with van der Waals surface area (Å²) in [4.78, 5) is 39.2. The Kier molecular flexibility index (Phi) is 6.73. The first-order valence-electron chi connectivity index (χ1n) is 13.4. The normalized spacial score (nSPS) is 14.8. The lowest BCUT2D eigenvalue weighted by Gasteiger charge is -2.34. The average Bonchev–Trinajstić information content (AvgIpc) is 3.53. The zero-order valence-electron chi connectivity index (χ0n) is 23.6. The molecule has 0 saturated carbocycles. The van der Waals surface area contributed by atoms with Crippen molar-refractivity contribution >= 4 is 21.8 Å². The lowest BCUT2D eigenvalue weighted by Crippen LogP contribution is -2.46. The van der Waals surface area contributed by atoms with E-state index >= 15 is 0 Å². The Labute approximate surface area is 246 Å². The molecular weight excluding hydrogens is 582 g/mol. The first kappa shape index (κ1) is 26.9. The molecule has 0 saturated heterocycles. The summed E-state index contributed by atoms with van der Waals surface area (Å²) >= 11 is 3.51. The summed E-state index contributed by atoms with van der Waals surface area (Å²) in [5.74, 6) is 0.723. The van der Waals surface area contributed by atoms with Gasteiger partial charge in [0.2, 0.25) is 5.95 Å². The number of hydrogen-bond acceptors (Lipinski definition) is 5. The first-order valence-corrected chi connectivity index (χ1v) is 14.2. The summed E-state index contributed by atoms with van der Waals surface area (Å²) in [6.45, 7) is 7.99. The molecule has 9 nitrogen and oxygen atoms in total. The number of rotatable bonds is 4. The summed E-state index contributed by atoms with van der Waals surface area (Å²) < 4.78 is 6.14. The van der Waals surface area contributed by atoms with Crippen molar-refractivity contribution in [3.05, 3.63) is 110 Å². The Balaban J connectivity index is 1.46. The summed E-state index contributed by atoms with van der Waals surface area (Å²) in [5, 5.41) is 4.64. The van der Waals surface area contributed by atoms with Gasteiger partial charge in [-0.05, 0) is 82.1 Å². The Morgan fingerprint density at radius 2 is 1.85 bits per heavy atom. The van der Waals surface area contributed by atoms with E-state index < -0.39 is 0 Å². The minimum atomic E-state index is -0.198.